The van der Waals surface area contributed by atoms with E-state index in [1.54, 1.807) is 12.1 Å². The fourth-order valence-electron chi connectivity index (χ4n) is 4.65. The Morgan fingerprint density at radius 2 is 0.872 bits per heavy atom. The lowest BCUT2D eigenvalue weighted by atomic mass is 10.0. The molecule has 4 heteroatoms. The van der Waals surface area contributed by atoms with E-state index in [0.717, 1.165) is 11.3 Å². The van der Waals surface area contributed by atoms with Crippen molar-refractivity contribution in [3.63, 3.8) is 0 Å². The number of benzene rings is 5. The predicted molar refractivity (Wildman–Crippen MR) is 168 cm³/mol. The average Bonchev–Trinajstić information content (AvgIpc) is 3.02. The number of rotatable bonds is 8. The molecule has 0 spiro atoms. The molecule has 0 aliphatic heterocycles. The molecule has 0 N–H and O–H groups in total. The van der Waals surface area contributed by atoms with Gasteiger partial charge in [0.1, 0.15) is 5.71 Å². The van der Waals surface area contributed by atoms with Crippen molar-refractivity contribution in [2.24, 2.45) is 10.2 Å². The normalized spacial score (nSPS) is 12.1. The Balaban J connectivity index is 1.72. The van der Waals surface area contributed by atoms with Crippen LogP contribution in [0.2, 0.25) is 0 Å². The third kappa shape index (κ3) is 5.80. The van der Waals surface area contributed by atoms with Crippen LogP contribution in [-0.2, 0) is 0 Å². The molecule has 0 atom stereocenters. The fraction of sp³-hybridized carbons (Fsp3) is 0.0286. The van der Waals surface area contributed by atoms with Gasteiger partial charge in [-0.3, -0.25) is 4.79 Å². The van der Waals surface area contributed by atoms with Gasteiger partial charge in [0.25, 0.3) is 0 Å². The Hall–Kier alpha value is -4.59. The Kier molecular flexibility index (Phi) is 8.21. The summed E-state index contributed by atoms with van der Waals surface area (Å²) in [5, 5.41) is 12.9. The minimum atomic E-state index is -2.23. The molecular weight excluding hydrogens is 495 g/mol. The number of carbonyl (C=O) groups excluding carboxylic acids is 1. The van der Waals surface area contributed by atoms with Crippen molar-refractivity contribution in [2.75, 3.05) is 0 Å². The zero-order valence-corrected chi connectivity index (χ0v) is 22.7. The van der Waals surface area contributed by atoms with Crippen LogP contribution in [0.1, 0.15) is 22.8 Å². The van der Waals surface area contributed by atoms with E-state index in [4.69, 9.17) is 0 Å². The summed E-state index contributed by atoms with van der Waals surface area (Å²) in [6.45, 7) is -0.272. The quantitative estimate of drug-likeness (QED) is 0.0985. The second kappa shape index (κ2) is 12.3. The zero-order chi connectivity index (χ0) is 26.9. The van der Waals surface area contributed by atoms with Gasteiger partial charge in [0, 0.05) is 11.1 Å². The fourth-order valence-corrected chi connectivity index (χ4v) is 8.53. The molecule has 0 aliphatic carbocycles. The highest BCUT2D eigenvalue weighted by Crippen LogP contribution is 2.43. The average molecular weight is 525 g/mol. The monoisotopic (exact) mass is 524 g/mol. The summed E-state index contributed by atoms with van der Waals surface area (Å²) in [5.74, 6) is 2.10. The van der Waals surface area contributed by atoms with Gasteiger partial charge in [-0.1, -0.05) is 152 Å². The van der Waals surface area contributed by atoms with E-state index in [2.05, 4.69) is 88.8 Å². The molecule has 39 heavy (non-hydrogen) atoms. The van der Waals surface area contributed by atoms with E-state index in [-0.39, 0.29) is 5.78 Å². The molecule has 0 heterocycles. The molecule has 0 saturated heterocycles. The summed E-state index contributed by atoms with van der Waals surface area (Å²) in [5.41, 5.74) is 2.38. The van der Waals surface area contributed by atoms with Gasteiger partial charge in [0.05, 0.1) is 5.71 Å². The van der Waals surface area contributed by atoms with Crippen molar-refractivity contribution in [3.8, 4) is 0 Å². The third-order valence-electron chi connectivity index (χ3n) is 6.48. The number of Topliss-reactive ketones (excluding diaryl/α,β-unsaturated/α-hetero) is 1. The van der Waals surface area contributed by atoms with Gasteiger partial charge < -0.3 is 0 Å². The zero-order valence-electron chi connectivity index (χ0n) is 21.8. The summed E-state index contributed by atoms with van der Waals surface area (Å²) in [6.07, 6.45) is 0. The maximum Gasteiger partial charge on any atom is 0.213 e. The predicted octanol–water partition coefficient (Wildman–Crippen LogP) is 6.53. The lowest BCUT2D eigenvalue weighted by Crippen LogP contribution is -2.28. The van der Waals surface area contributed by atoms with E-state index >= 15 is 0 Å². The summed E-state index contributed by atoms with van der Waals surface area (Å²) in [6, 6.07) is 50.5. The molecule has 3 nitrogen and oxygen atoms in total. The van der Waals surface area contributed by atoms with Crippen LogP contribution in [0.3, 0.4) is 0 Å². The molecule has 0 aromatic heterocycles. The third-order valence-corrected chi connectivity index (χ3v) is 10.6. The standard InChI is InChI=1S/C35H29N2OP/c1-28(36-37-34(29-17-7-2-8-18-29)35(38)30-19-9-3-10-20-30)27-39(31-21-11-4-12-22-31,32-23-13-5-14-24-32)33-25-15-6-16-26-33/h2-27H,1H3/b36-28+,37-34+. The first-order chi connectivity index (χ1) is 19.2. The van der Waals surface area contributed by atoms with Gasteiger partial charge in [-0.05, 0) is 35.5 Å². The van der Waals surface area contributed by atoms with E-state index < -0.39 is 6.89 Å². The van der Waals surface area contributed by atoms with Gasteiger partial charge in [-0.2, -0.15) is 5.10 Å². The van der Waals surface area contributed by atoms with Crippen LogP contribution < -0.4 is 15.9 Å². The van der Waals surface area contributed by atoms with Crippen molar-refractivity contribution in [1.29, 1.82) is 0 Å². The lowest BCUT2D eigenvalue weighted by molar-refractivity contribution is 0.106. The molecule has 0 unspecified atom stereocenters. The first-order valence-electron chi connectivity index (χ1n) is 12.9. The molecule has 0 saturated carbocycles. The minimum Gasteiger partial charge on any atom is -0.287 e. The molecule has 5 aromatic rings. The lowest BCUT2D eigenvalue weighted by Gasteiger charge is -2.28. The number of hydrogen-bond donors (Lipinski definition) is 0. The maximum atomic E-state index is 13.5. The molecule has 0 aliphatic rings. The molecule has 0 bridgehead atoms. The first kappa shape index (κ1) is 26.0. The van der Waals surface area contributed by atoms with Crippen LogP contribution in [0.15, 0.2) is 162 Å². The van der Waals surface area contributed by atoms with Crippen molar-refractivity contribution < 1.29 is 4.79 Å². The van der Waals surface area contributed by atoms with E-state index in [9.17, 15) is 4.79 Å². The molecule has 5 rings (SSSR count). The highest BCUT2D eigenvalue weighted by atomic mass is 31.2. The number of nitrogens with zero attached hydrogens (tertiary/aromatic N) is 2. The summed E-state index contributed by atoms with van der Waals surface area (Å²) in [7, 11) is 0. The second-order valence-electron chi connectivity index (χ2n) is 9.11. The summed E-state index contributed by atoms with van der Waals surface area (Å²) < 4.78 is 0. The van der Waals surface area contributed by atoms with Gasteiger partial charge >= 0.3 is 0 Å². The minimum absolute atomic E-state index is 0.159. The van der Waals surface area contributed by atoms with Crippen LogP contribution in [0, 0.1) is 0 Å². The van der Waals surface area contributed by atoms with Crippen molar-refractivity contribution >= 4 is 45.8 Å². The van der Waals surface area contributed by atoms with Crippen LogP contribution in [0.25, 0.3) is 0 Å². The van der Waals surface area contributed by atoms with Crippen molar-refractivity contribution in [1.82, 2.24) is 0 Å². The molecule has 5 aromatic carbocycles. The summed E-state index contributed by atoms with van der Waals surface area (Å²) >= 11 is 0. The smallest absolute Gasteiger partial charge is 0.213 e. The largest absolute Gasteiger partial charge is 0.287 e. The van der Waals surface area contributed by atoms with E-state index in [1.165, 1.54) is 15.9 Å². The summed E-state index contributed by atoms with van der Waals surface area (Å²) in [4.78, 5) is 13.5. The van der Waals surface area contributed by atoms with Gasteiger partial charge in [-0.15, -0.1) is 5.10 Å². The topological polar surface area (TPSA) is 41.8 Å². The first-order valence-corrected chi connectivity index (χ1v) is 14.7. The molecule has 0 radical (unpaired) electrons. The van der Waals surface area contributed by atoms with Crippen molar-refractivity contribution in [2.45, 2.75) is 6.92 Å². The number of ketones is 1. The Bertz CT molecular complexity index is 1540. The number of carbonyl (C=O) groups is 1. The molecule has 0 fully saturated rings. The van der Waals surface area contributed by atoms with E-state index in [0.29, 0.717) is 11.3 Å². The van der Waals surface area contributed by atoms with Crippen LogP contribution in [0.5, 0.6) is 0 Å². The molecule has 0 amide bonds. The SMILES string of the molecule is C/C(C=P(c1ccccc1)(c1ccccc1)c1ccccc1)=N\N=C(\C(=O)c1ccccc1)c1ccccc1. The van der Waals surface area contributed by atoms with Gasteiger partial charge in [0.2, 0.25) is 5.78 Å². The molecule has 190 valence electrons. The van der Waals surface area contributed by atoms with Crippen molar-refractivity contribution in [3.05, 3.63) is 163 Å². The number of hydrogen-bond acceptors (Lipinski definition) is 3. The van der Waals surface area contributed by atoms with E-state index in [1.807, 2.05) is 73.7 Å². The van der Waals surface area contributed by atoms with Gasteiger partial charge in [0.15, 0.2) is 0 Å². The highest BCUT2D eigenvalue weighted by molar-refractivity contribution is 7.95. The Morgan fingerprint density at radius 3 is 1.28 bits per heavy atom. The maximum absolute atomic E-state index is 13.5. The Morgan fingerprint density at radius 1 is 0.513 bits per heavy atom. The second-order valence-corrected chi connectivity index (χ2v) is 12.4. The van der Waals surface area contributed by atoms with Crippen LogP contribution >= 0.6 is 6.89 Å². The van der Waals surface area contributed by atoms with Gasteiger partial charge in [-0.25, -0.2) is 0 Å². The van der Waals surface area contributed by atoms with Crippen LogP contribution in [0.4, 0.5) is 0 Å². The highest BCUT2D eigenvalue weighted by Gasteiger charge is 2.25. The Labute approximate surface area is 230 Å². The molecular formula is C35H29N2OP. The van der Waals surface area contributed by atoms with Crippen LogP contribution in [-0.4, -0.2) is 23.0 Å².